The van der Waals surface area contributed by atoms with E-state index in [1.807, 2.05) is 12.3 Å². The molecule has 0 aromatic carbocycles. The number of nitrogens with zero attached hydrogens (tertiary/aromatic N) is 1. The number of aryl methyl sites for hydroxylation is 1. The van der Waals surface area contributed by atoms with Gasteiger partial charge in [-0.3, -0.25) is 16.3 Å². The molecule has 2 aliphatic carbocycles. The quantitative estimate of drug-likeness (QED) is 0.618. The molecule has 2 aliphatic rings. The normalized spacial score (nSPS) is 32.9. The Morgan fingerprint density at radius 2 is 2.35 bits per heavy atom. The third-order valence-corrected chi connectivity index (χ3v) is 4.50. The molecule has 1 aromatic rings. The number of hydrogen-bond acceptors (Lipinski definition) is 3. The number of rotatable bonds is 3. The second-order valence-electron chi connectivity index (χ2n) is 5.62. The van der Waals surface area contributed by atoms with Crippen LogP contribution < -0.4 is 11.3 Å². The van der Waals surface area contributed by atoms with Crippen molar-refractivity contribution in [3.8, 4) is 0 Å². The number of hydrazine groups is 1. The van der Waals surface area contributed by atoms with Gasteiger partial charge in [0.2, 0.25) is 0 Å². The molecule has 0 spiro atoms. The lowest BCUT2D eigenvalue weighted by Crippen LogP contribution is -2.43. The fraction of sp³-hybridized carbons (Fsp3) is 0.643. The van der Waals surface area contributed by atoms with Crippen LogP contribution in [0.2, 0.25) is 0 Å². The molecule has 17 heavy (non-hydrogen) atoms. The Labute approximate surface area is 103 Å². The molecule has 1 fully saturated rings. The van der Waals surface area contributed by atoms with Gasteiger partial charge >= 0.3 is 0 Å². The number of nitrogens with two attached hydrogens (primary N) is 1. The Bertz CT molecular complexity index is 404. The third-order valence-electron chi connectivity index (χ3n) is 4.50. The smallest absolute Gasteiger partial charge is 0.0482 e. The summed E-state index contributed by atoms with van der Waals surface area (Å²) < 4.78 is 0. The summed E-state index contributed by atoms with van der Waals surface area (Å²) in [6.07, 6.45) is 6.90. The summed E-state index contributed by atoms with van der Waals surface area (Å²) in [7, 11) is 0. The molecule has 3 rings (SSSR count). The molecule has 0 aliphatic heterocycles. The van der Waals surface area contributed by atoms with E-state index in [1.165, 1.54) is 36.9 Å². The van der Waals surface area contributed by atoms with Crippen molar-refractivity contribution >= 4 is 0 Å². The first-order chi connectivity index (χ1) is 8.31. The van der Waals surface area contributed by atoms with Crippen LogP contribution in [0, 0.1) is 11.8 Å². The minimum absolute atomic E-state index is 0.416. The molecule has 0 bridgehead atoms. The fourth-order valence-electron chi connectivity index (χ4n) is 3.38. The summed E-state index contributed by atoms with van der Waals surface area (Å²) >= 11 is 0. The molecule has 1 saturated carbocycles. The standard InChI is InChI=1S/C14H21N3/c1-9-8-12(9)14(17-15)11-6-2-4-10-5-3-7-16-13(10)11/h3,5,7,9,11-12,14,17H,2,4,6,8,15H2,1H3. The highest BCUT2D eigenvalue weighted by molar-refractivity contribution is 5.28. The van der Waals surface area contributed by atoms with E-state index in [4.69, 9.17) is 5.84 Å². The van der Waals surface area contributed by atoms with Crippen molar-refractivity contribution in [3.05, 3.63) is 29.6 Å². The van der Waals surface area contributed by atoms with Gasteiger partial charge < -0.3 is 0 Å². The second kappa shape index (κ2) is 4.39. The van der Waals surface area contributed by atoms with Crippen molar-refractivity contribution in [2.75, 3.05) is 0 Å². The molecule has 3 heteroatoms. The Morgan fingerprint density at radius 1 is 1.53 bits per heavy atom. The maximum absolute atomic E-state index is 5.79. The first kappa shape index (κ1) is 11.2. The summed E-state index contributed by atoms with van der Waals surface area (Å²) in [5, 5.41) is 0. The Balaban J connectivity index is 1.88. The molecule has 3 nitrogen and oxygen atoms in total. The Kier molecular flexibility index (Phi) is 2.89. The number of aromatic nitrogens is 1. The summed E-state index contributed by atoms with van der Waals surface area (Å²) in [6.45, 7) is 2.32. The van der Waals surface area contributed by atoms with Crippen molar-refractivity contribution in [3.63, 3.8) is 0 Å². The van der Waals surface area contributed by atoms with Gasteiger partial charge in [0.25, 0.3) is 0 Å². The molecule has 0 amide bonds. The van der Waals surface area contributed by atoms with Gasteiger partial charge in [0.15, 0.2) is 0 Å². The molecule has 4 unspecified atom stereocenters. The summed E-state index contributed by atoms with van der Waals surface area (Å²) in [5.41, 5.74) is 5.79. The van der Waals surface area contributed by atoms with Gasteiger partial charge in [0.1, 0.15) is 0 Å². The Morgan fingerprint density at radius 3 is 3.06 bits per heavy atom. The van der Waals surface area contributed by atoms with Gasteiger partial charge in [-0.15, -0.1) is 0 Å². The maximum atomic E-state index is 5.79. The van der Waals surface area contributed by atoms with Gasteiger partial charge in [-0.05, 0) is 49.1 Å². The molecule has 4 atom stereocenters. The Hall–Kier alpha value is -0.930. The molecular weight excluding hydrogens is 210 g/mol. The van der Waals surface area contributed by atoms with E-state index < -0.39 is 0 Å². The average molecular weight is 231 g/mol. The first-order valence-electron chi connectivity index (χ1n) is 6.71. The maximum Gasteiger partial charge on any atom is 0.0482 e. The molecule has 1 heterocycles. The van der Waals surface area contributed by atoms with E-state index in [2.05, 4.69) is 23.4 Å². The van der Waals surface area contributed by atoms with Gasteiger partial charge in [0.05, 0.1) is 0 Å². The lowest BCUT2D eigenvalue weighted by molar-refractivity contribution is 0.347. The van der Waals surface area contributed by atoms with E-state index in [0.717, 1.165) is 11.8 Å². The van der Waals surface area contributed by atoms with Gasteiger partial charge in [0, 0.05) is 23.9 Å². The lowest BCUT2D eigenvalue weighted by atomic mass is 9.80. The lowest BCUT2D eigenvalue weighted by Gasteiger charge is -2.31. The predicted molar refractivity (Wildman–Crippen MR) is 68.3 cm³/mol. The molecule has 1 aromatic heterocycles. The van der Waals surface area contributed by atoms with Crippen LogP contribution >= 0.6 is 0 Å². The summed E-state index contributed by atoms with van der Waals surface area (Å²) in [6, 6.07) is 4.68. The van der Waals surface area contributed by atoms with Crippen LogP contribution in [0.5, 0.6) is 0 Å². The van der Waals surface area contributed by atoms with E-state index in [9.17, 15) is 0 Å². The molecule has 0 saturated heterocycles. The SMILES string of the molecule is CC1CC1C(NN)C1CCCc2cccnc21. The minimum atomic E-state index is 0.416. The van der Waals surface area contributed by atoms with Crippen LogP contribution in [0.1, 0.15) is 43.4 Å². The summed E-state index contributed by atoms with van der Waals surface area (Å²) in [4.78, 5) is 4.61. The van der Waals surface area contributed by atoms with Crippen LogP contribution in [0.4, 0.5) is 0 Å². The van der Waals surface area contributed by atoms with Crippen LogP contribution in [-0.4, -0.2) is 11.0 Å². The van der Waals surface area contributed by atoms with Crippen molar-refractivity contribution in [2.45, 2.75) is 44.6 Å². The molecule has 92 valence electrons. The molecule has 0 radical (unpaired) electrons. The number of fused-ring (bicyclic) bond motifs is 1. The number of nitrogens with one attached hydrogen (secondary N) is 1. The minimum Gasteiger partial charge on any atom is -0.271 e. The number of hydrogen-bond donors (Lipinski definition) is 2. The number of pyridine rings is 1. The van der Waals surface area contributed by atoms with Crippen LogP contribution in [0.3, 0.4) is 0 Å². The highest BCUT2D eigenvalue weighted by Gasteiger charge is 2.44. The zero-order valence-electron chi connectivity index (χ0n) is 10.4. The highest BCUT2D eigenvalue weighted by atomic mass is 15.2. The van der Waals surface area contributed by atoms with Crippen LogP contribution in [0.25, 0.3) is 0 Å². The van der Waals surface area contributed by atoms with Crippen LogP contribution in [-0.2, 0) is 6.42 Å². The average Bonchev–Trinajstić information content (AvgIpc) is 3.08. The van der Waals surface area contributed by atoms with E-state index in [1.54, 1.807) is 0 Å². The zero-order chi connectivity index (χ0) is 11.8. The monoisotopic (exact) mass is 231 g/mol. The van der Waals surface area contributed by atoms with E-state index in [-0.39, 0.29) is 0 Å². The van der Waals surface area contributed by atoms with Crippen molar-refractivity contribution < 1.29 is 0 Å². The first-order valence-corrected chi connectivity index (χ1v) is 6.71. The van der Waals surface area contributed by atoms with Crippen molar-refractivity contribution in [1.82, 2.24) is 10.4 Å². The van der Waals surface area contributed by atoms with E-state index in [0.29, 0.717) is 12.0 Å². The third kappa shape index (κ3) is 1.98. The molecule has 3 N–H and O–H groups in total. The van der Waals surface area contributed by atoms with Crippen LogP contribution in [0.15, 0.2) is 18.3 Å². The fourth-order valence-corrected chi connectivity index (χ4v) is 3.38. The largest absolute Gasteiger partial charge is 0.271 e. The predicted octanol–water partition coefficient (Wildman–Crippen LogP) is 1.99. The zero-order valence-corrected chi connectivity index (χ0v) is 10.4. The summed E-state index contributed by atoms with van der Waals surface area (Å²) in [5.74, 6) is 7.87. The molecular formula is C14H21N3. The van der Waals surface area contributed by atoms with Gasteiger partial charge in [-0.25, -0.2) is 0 Å². The van der Waals surface area contributed by atoms with Crippen molar-refractivity contribution in [1.29, 1.82) is 0 Å². The highest BCUT2D eigenvalue weighted by Crippen LogP contribution is 2.46. The topological polar surface area (TPSA) is 50.9 Å². The van der Waals surface area contributed by atoms with Crippen molar-refractivity contribution in [2.24, 2.45) is 17.7 Å². The van der Waals surface area contributed by atoms with E-state index >= 15 is 0 Å². The second-order valence-corrected chi connectivity index (χ2v) is 5.62. The van der Waals surface area contributed by atoms with Gasteiger partial charge in [-0.1, -0.05) is 13.0 Å². The van der Waals surface area contributed by atoms with Gasteiger partial charge in [-0.2, -0.15) is 0 Å².